The van der Waals surface area contributed by atoms with E-state index in [1.807, 2.05) is 12.1 Å². The van der Waals surface area contributed by atoms with Gasteiger partial charge in [-0.25, -0.2) is 0 Å². The minimum atomic E-state index is 0.469. The molecule has 0 aliphatic carbocycles. The van der Waals surface area contributed by atoms with Gasteiger partial charge in [0.1, 0.15) is 11.5 Å². The average Bonchev–Trinajstić information content (AvgIpc) is 2.75. The molecule has 0 unspecified atom stereocenters. The molecule has 1 aromatic rings. The summed E-state index contributed by atoms with van der Waals surface area (Å²) in [5, 5.41) is 3.34. The SMILES string of the molecule is C#CCN(CCC)Cc1ccc(CNC(C)C)o1. The normalized spacial score (nSPS) is 11.1. The summed E-state index contributed by atoms with van der Waals surface area (Å²) in [7, 11) is 0. The number of hydrogen-bond acceptors (Lipinski definition) is 3. The Bertz CT molecular complexity index is 376. The van der Waals surface area contributed by atoms with Crippen LogP contribution in [0, 0.1) is 12.3 Å². The fourth-order valence-corrected chi connectivity index (χ4v) is 1.79. The highest BCUT2D eigenvalue weighted by atomic mass is 16.3. The van der Waals surface area contributed by atoms with Crippen LogP contribution in [0.1, 0.15) is 38.7 Å². The summed E-state index contributed by atoms with van der Waals surface area (Å²) in [5.74, 6) is 4.66. The van der Waals surface area contributed by atoms with Crippen molar-refractivity contribution in [2.75, 3.05) is 13.1 Å². The minimum absolute atomic E-state index is 0.469. The van der Waals surface area contributed by atoms with E-state index in [0.717, 1.165) is 37.6 Å². The Morgan fingerprint density at radius 2 is 2.11 bits per heavy atom. The first-order chi connectivity index (χ1) is 8.65. The van der Waals surface area contributed by atoms with E-state index in [9.17, 15) is 0 Å². The molecule has 18 heavy (non-hydrogen) atoms. The predicted octanol–water partition coefficient (Wildman–Crippen LogP) is 2.62. The van der Waals surface area contributed by atoms with E-state index in [1.165, 1.54) is 0 Å². The fraction of sp³-hybridized carbons (Fsp3) is 0.600. The molecule has 0 aliphatic rings. The number of terminal acetylenes is 1. The first-order valence-electron chi connectivity index (χ1n) is 6.62. The van der Waals surface area contributed by atoms with Crippen molar-refractivity contribution >= 4 is 0 Å². The third-order valence-corrected chi connectivity index (χ3v) is 2.64. The lowest BCUT2D eigenvalue weighted by Crippen LogP contribution is -2.24. The Balaban J connectivity index is 2.48. The van der Waals surface area contributed by atoms with Gasteiger partial charge in [-0.2, -0.15) is 0 Å². The second-order valence-electron chi connectivity index (χ2n) is 4.82. The van der Waals surface area contributed by atoms with Gasteiger partial charge < -0.3 is 9.73 Å². The molecular weight excluding hydrogens is 224 g/mol. The number of nitrogens with one attached hydrogen (secondary N) is 1. The van der Waals surface area contributed by atoms with E-state index >= 15 is 0 Å². The molecule has 0 radical (unpaired) electrons. The minimum Gasteiger partial charge on any atom is -0.463 e. The molecule has 0 spiro atoms. The Kier molecular flexibility index (Phi) is 6.56. The molecule has 0 aromatic carbocycles. The monoisotopic (exact) mass is 248 g/mol. The van der Waals surface area contributed by atoms with Crippen LogP contribution in [0.4, 0.5) is 0 Å². The first-order valence-corrected chi connectivity index (χ1v) is 6.62. The second-order valence-corrected chi connectivity index (χ2v) is 4.82. The third kappa shape index (κ3) is 5.39. The summed E-state index contributed by atoms with van der Waals surface area (Å²) in [4.78, 5) is 2.22. The second kappa shape index (κ2) is 7.97. The van der Waals surface area contributed by atoms with E-state index in [0.29, 0.717) is 12.6 Å². The molecule has 0 bridgehead atoms. The van der Waals surface area contributed by atoms with E-state index < -0.39 is 0 Å². The van der Waals surface area contributed by atoms with Gasteiger partial charge >= 0.3 is 0 Å². The van der Waals surface area contributed by atoms with Gasteiger partial charge in [-0.05, 0) is 25.1 Å². The zero-order valence-electron chi connectivity index (χ0n) is 11.7. The summed E-state index contributed by atoms with van der Waals surface area (Å²) >= 11 is 0. The van der Waals surface area contributed by atoms with Crippen LogP contribution < -0.4 is 5.32 Å². The molecule has 1 N–H and O–H groups in total. The largest absolute Gasteiger partial charge is 0.463 e. The maximum atomic E-state index is 5.78. The molecule has 0 amide bonds. The molecule has 1 rings (SSSR count). The van der Waals surface area contributed by atoms with Crippen molar-refractivity contribution in [3.8, 4) is 12.3 Å². The molecule has 1 aromatic heterocycles. The molecule has 3 heteroatoms. The Morgan fingerprint density at radius 3 is 2.72 bits per heavy atom. The van der Waals surface area contributed by atoms with Crippen LogP contribution in [0.5, 0.6) is 0 Å². The van der Waals surface area contributed by atoms with Gasteiger partial charge in [0.2, 0.25) is 0 Å². The molecule has 1 heterocycles. The summed E-state index contributed by atoms with van der Waals surface area (Å²) in [6.45, 7) is 9.65. The van der Waals surface area contributed by atoms with Crippen LogP contribution in [0.15, 0.2) is 16.5 Å². The molecule has 0 saturated heterocycles. The Labute approximate surface area is 111 Å². The van der Waals surface area contributed by atoms with Gasteiger partial charge in [-0.15, -0.1) is 6.42 Å². The van der Waals surface area contributed by atoms with Crippen molar-refractivity contribution < 1.29 is 4.42 Å². The topological polar surface area (TPSA) is 28.4 Å². The molecular formula is C15H24N2O. The fourth-order valence-electron chi connectivity index (χ4n) is 1.79. The van der Waals surface area contributed by atoms with Gasteiger partial charge in [0.05, 0.1) is 19.6 Å². The predicted molar refractivity (Wildman–Crippen MR) is 75.1 cm³/mol. The molecule has 0 fully saturated rings. The highest BCUT2D eigenvalue weighted by Gasteiger charge is 2.07. The zero-order chi connectivity index (χ0) is 13.4. The van der Waals surface area contributed by atoms with Crippen LogP contribution in [-0.4, -0.2) is 24.0 Å². The van der Waals surface area contributed by atoms with Crippen molar-refractivity contribution in [2.45, 2.75) is 46.3 Å². The van der Waals surface area contributed by atoms with Crippen molar-refractivity contribution in [1.82, 2.24) is 10.2 Å². The van der Waals surface area contributed by atoms with Gasteiger partial charge in [0.25, 0.3) is 0 Å². The number of nitrogens with zero attached hydrogens (tertiary/aromatic N) is 1. The molecule has 100 valence electrons. The van der Waals surface area contributed by atoms with E-state index in [-0.39, 0.29) is 0 Å². The van der Waals surface area contributed by atoms with Gasteiger partial charge in [-0.3, -0.25) is 4.90 Å². The highest BCUT2D eigenvalue weighted by molar-refractivity contribution is 5.07. The molecule has 0 aliphatic heterocycles. The zero-order valence-corrected chi connectivity index (χ0v) is 11.7. The van der Waals surface area contributed by atoms with Crippen molar-refractivity contribution in [3.63, 3.8) is 0 Å². The smallest absolute Gasteiger partial charge is 0.118 e. The molecule has 0 saturated carbocycles. The van der Waals surface area contributed by atoms with Crippen LogP contribution in [0.25, 0.3) is 0 Å². The Morgan fingerprint density at radius 1 is 1.39 bits per heavy atom. The molecule has 3 nitrogen and oxygen atoms in total. The highest BCUT2D eigenvalue weighted by Crippen LogP contribution is 2.11. The Hall–Kier alpha value is -1.24. The number of rotatable bonds is 8. The lowest BCUT2D eigenvalue weighted by molar-refractivity contribution is 0.268. The van der Waals surface area contributed by atoms with E-state index in [4.69, 9.17) is 10.8 Å². The maximum absolute atomic E-state index is 5.78. The van der Waals surface area contributed by atoms with Crippen molar-refractivity contribution in [3.05, 3.63) is 23.7 Å². The quantitative estimate of drug-likeness (QED) is 0.717. The average molecular weight is 248 g/mol. The van der Waals surface area contributed by atoms with Crippen molar-refractivity contribution in [1.29, 1.82) is 0 Å². The van der Waals surface area contributed by atoms with Crippen LogP contribution in [0.3, 0.4) is 0 Å². The number of hydrogen-bond donors (Lipinski definition) is 1. The van der Waals surface area contributed by atoms with Crippen LogP contribution in [-0.2, 0) is 13.1 Å². The van der Waals surface area contributed by atoms with Gasteiger partial charge in [0.15, 0.2) is 0 Å². The van der Waals surface area contributed by atoms with Gasteiger partial charge in [-0.1, -0.05) is 26.7 Å². The van der Waals surface area contributed by atoms with Crippen LogP contribution >= 0.6 is 0 Å². The standard InChI is InChI=1S/C15H24N2O/c1-5-9-17(10-6-2)12-15-8-7-14(18-15)11-16-13(3)4/h1,7-8,13,16H,6,9-12H2,2-4H3. The lowest BCUT2D eigenvalue weighted by Gasteiger charge is -2.17. The summed E-state index contributed by atoms with van der Waals surface area (Å²) in [5.41, 5.74) is 0. The van der Waals surface area contributed by atoms with Crippen LogP contribution in [0.2, 0.25) is 0 Å². The van der Waals surface area contributed by atoms with E-state index in [2.05, 4.69) is 36.9 Å². The summed E-state index contributed by atoms with van der Waals surface area (Å²) < 4.78 is 5.78. The van der Waals surface area contributed by atoms with Gasteiger partial charge in [0, 0.05) is 6.04 Å². The van der Waals surface area contributed by atoms with E-state index in [1.54, 1.807) is 0 Å². The lowest BCUT2D eigenvalue weighted by atomic mass is 10.3. The van der Waals surface area contributed by atoms with Crippen molar-refractivity contribution in [2.24, 2.45) is 0 Å². The first kappa shape index (κ1) is 14.8. The number of furan rings is 1. The summed E-state index contributed by atoms with van der Waals surface area (Å²) in [6, 6.07) is 4.54. The summed E-state index contributed by atoms with van der Waals surface area (Å²) in [6.07, 6.45) is 6.47. The molecule has 0 atom stereocenters. The maximum Gasteiger partial charge on any atom is 0.118 e. The third-order valence-electron chi connectivity index (χ3n) is 2.64.